The maximum atomic E-state index is 14.1. The van der Waals surface area contributed by atoms with Crippen molar-refractivity contribution in [3.8, 4) is 5.75 Å². The van der Waals surface area contributed by atoms with Gasteiger partial charge in [0.05, 0.1) is 12.5 Å². The van der Waals surface area contributed by atoms with Crippen LogP contribution >= 0.6 is 0 Å². The molecule has 0 radical (unpaired) electrons. The number of nitrogens with zero attached hydrogens (tertiary/aromatic N) is 2. The molecule has 4 rings (SSSR count). The number of anilines is 1. The molecule has 2 aliphatic rings. The number of rotatable bonds is 3. The zero-order chi connectivity index (χ0) is 20.3. The number of carbonyl (C=O) groups excluding carboxylic acids is 1. The molecule has 1 spiro atoms. The van der Waals surface area contributed by atoms with Crippen LogP contribution in [0.15, 0.2) is 41.3 Å². The lowest BCUT2D eigenvalue weighted by Crippen LogP contribution is -2.42. The maximum Gasteiger partial charge on any atom is 0.246 e. The largest absolute Gasteiger partial charge is 0.497 e. The Balaban J connectivity index is 1.75. The molecule has 2 aromatic carbocycles. The zero-order valence-corrected chi connectivity index (χ0v) is 16.1. The molecule has 9 heteroatoms. The standard InChI is InChI=1S/C19H18F2N2O4S/c1-22-16-5-4-13(27-2)10-14(16)19(18(22)24)7-8-23(11-19)28(25,26)17-6-3-12(20)9-15(17)21/h3-6,9-10H,7-8,11H2,1-2H3. The highest BCUT2D eigenvalue weighted by Gasteiger charge is 2.55. The van der Waals surface area contributed by atoms with Gasteiger partial charge in [-0.25, -0.2) is 17.2 Å². The normalized spacial score (nSPS) is 22.1. The van der Waals surface area contributed by atoms with Crippen molar-refractivity contribution in [2.45, 2.75) is 16.7 Å². The van der Waals surface area contributed by atoms with Crippen molar-refractivity contribution in [1.29, 1.82) is 0 Å². The average Bonchev–Trinajstić information content (AvgIpc) is 3.20. The molecular weight excluding hydrogens is 390 g/mol. The number of benzene rings is 2. The van der Waals surface area contributed by atoms with Gasteiger partial charge in [0.25, 0.3) is 0 Å². The van der Waals surface area contributed by atoms with Crippen LogP contribution in [0.3, 0.4) is 0 Å². The first kappa shape index (κ1) is 18.8. The number of hydrogen-bond donors (Lipinski definition) is 0. The summed E-state index contributed by atoms with van der Waals surface area (Å²) in [5.74, 6) is -1.67. The fourth-order valence-electron chi connectivity index (χ4n) is 4.06. The summed E-state index contributed by atoms with van der Waals surface area (Å²) in [7, 11) is -1.07. The molecule has 1 unspecified atom stereocenters. The average molecular weight is 408 g/mol. The van der Waals surface area contributed by atoms with Gasteiger partial charge in [0.2, 0.25) is 15.9 Å². The van der Waals surface area contributed by atoms with Gasteiger partial charge in [-0.15, -0.1) is 0 Å². The van der Waals surface area contributed by atoms with Gasteiger partial charge < -0.3 is 9.64 Å². The van der Waals surface area contributed by atoms with Crippen molar-refractivity contribution < 1.29 is 26.7 Å². The van der Waals surface area contributed by atoms with Crippen LogP contribution in [0.4, 0.5) is 14.5 Å². The van der Waals surface area contributed by atoms with Gasteiger partial charge in [-0.3, -0.25) is 4.79 Å². The maximum absolute atomic E-state index is 14.1. The number of fused-ring (bicyclic) bond motifs is 2. The number of sulfonamides is 1. The molecule has 0 bridgehead atoms. The first-order chi connectivity index (χ1) is 13.2. The van der Waals surface area contributed by atoms with E-state index in [4.69, 9.17) is 4.74 Å². The minimum Gasteiger partial charge on any atom is -0.497 e. The van der Waals surface area contributed by atoms with E-state index in [1.807, 2.05) is 0 Å². The summed E-state index contributed by atoms with van der Waals surface area (Å²) in [6.07, 6.45) is 0.262. The molecule has 0 aliphatic carbocycles. The Morgan fingerprint density at radius 3 is 2.57 bits per heavy atom. The molecule has 28 heavy (non-hydrogen) atoms. The first-order valence-electron chi connectivity index (χ1n) is 8.62. The van der Waals surface area contributed by atoms with E-state index in [0.29, 0.717) is 23.1 Å². The van der Waals surface area contributed by atoms with Gasteiger partial charge in [0.15, 0.2) is 0 Å². The number of halogens is 2. The summed E-state index contributed by atoms with van der Waals surface area (Å²) in [5, 5.41) is 0. The number of amides is 1. The summed E-state index contributed by atoms with van der Waals surface area (Å²) >= 11 is 0. The number of hydrogen-bond acceptors (Lipinski definition) is 4. The molecule has 0 saturated carbocycles. The quantitative estimate of drug-likeness (QED) is 0.782. The fourth-order valence-corrected chi connectivity index (χ4v) is 5.61. The van der Waals surface area contributed by atoms with Crippen LogP contribution in [0.1, 0.15) is 12.0 Å². The van der Waals surface area contributed by atoms with Crippen LogP contribution < -0.4 is 9.64 Å². The number of carbonyl (C=O) groups is 1. The van der Waals surface area contributed by atoms with Crippen LogP contribution in [0.5, 0.6) is 5.75 Å². The van der Waals surface area contributed by atoms with E-state index in [9.17, 15) is 22.0 Å². The predicted molar refractivity (Wildman–Crippen MR) is 97.8 cm³/mol. The predicted octanol–water partition coefficient (Wildman–Crippen LogP) is 2.28. The molecule has 1 amide bonds. The van der Waals surface area contributed by atoms with E-state index in [2.05, 4.69) is 0 Å². The van der Waals surface area contributed by atoms with Crippen LogP contribution in [0, 0.1) is 11.6 Å². The molecule has 6 nitrogen and oxygen atoms in total. The highest BCUT2D eigenvalue weighted by atomic mass is 32.2. The summed E-state index contributed by atoms with van der Waals surface area (Å²) in [6.45, 7) is -0.0646. The Morgan fingerprint density at radius 2 is 1.89 bits per heavy atom. The summed E-state index contributed by atoms with van der Waals surface area (Å²) in [4.78, 5) is 13.9. The van der Waals surface area contributed by atoms with Crippen LogP contribution in [0.25, 0.3) is 0 Å². The molecular formula is C19H18F2N2O4S. The molecule has 148 valence electrons. The Labute approximate surface area is 161 Å². The van der Waals surface area contributed by atoms with Crippen molar-refractivity contribution in [3.05, 3.63) is 53.6 Å². The molecule has 0 N–H and O–H groups in total. The third kappa shape index (κ3) is 2.53. The molecule has 2 aliphatic heterocycles. The van der Waals surface area contributed by atoms with Crippen LogP contribution in [-0.2, 0) is 20.2 Å². The fraction of sp³-hybridized carbons (Fsp3) is 0.316. The van der Waals surface area contributed by atoms with Crippen molar-refractivity contribution in [1.82, 2.24) is 4.31 Å². The van der Waals surface area contributed by atoms with E-state index in [0.717, 1.165) is 16.4 Å². The second kappa shape index (κ2) is 6.25. The van der Waals surface area contributed by atoms with Gasteiger partial charge in [-0.05, 0) is 42.3 Å². The second-order valence-corrected chi connectivity index (χ2v) is 8.90. The van der Waals surface area contributed by atoms with E-state index in [-0.39, 0.29) is 25.4 Å². The first-order valence-corrected chi connectivity index (χ1v) is 10.1. The van der Waals surface area contributed by atoms with Gasteiger partial charge in [0, 0.05) is 31.9 Å². The lowest BCUT2D eigenvalue weighted by molar-refractivity contribution is -0.122. The van der Waals surface area contributed by atoms with Crippen LogP contribution in [0.2, 0.25) is 0 Å². The van der Waals surface area contributed by atoms with Crippen molar-refractivity contribution in [2.24, 2.45) is 0 Å². The Morgan fingerprint density at radius 1 is 1.14 bits per heavy atom. The molecule has 1 atom stereocenters. The topological polar surface area (TPSA) is 66.9 Å². The van der Waals surface area contributed by atoms with E-state index in [1.54, 1.807) is 25.2 Å². The monoisotopic (exact) mass is 408 g/mol. The molecule has 1 saturated heterocycles. The molecule has 2 heterocycles. The summed E-state index contributed by atoms with van der Waals surface area (Å²) in [6, 6.07) is 7.58. The van der Waals surface area contributed by atoms with E-state index < -0.39 is 32.0 Å². The second-order valence-electron chi connectivity index (χ2n) is 6.99. The van der Waals surface area contributed by atoms with Gasteiger partial charge in [-0.2, -0.15) is 4.31 Å². The van der Waals surface area contributed by atoms with Gasteiger partial charge >= 0.3 is 0 Å². The lowest BCUT2D eigenvalue weighted by Gasteiger charge is -2.23. The smallest absolute Gasteiger partial charge is 0.246 e. The van der Waals surface area contributed by atoms with Crippen molar-refractivity contribution in [3.63, 3.8) is 0 Å². The molecule has 2 aromatic rings. The Hall–Kier alpha value is -2.52. The minimum atomic E-state index is -4.22. The highest BCUT2D eigenvalue weighted by molar-refractivity contribution is 7.89. The third-order valence-corrected chi connectivity index (χ3v) is 7.42. The van der Waals surface area contributed by atoms with Gasteiger partial charge in [0.1, 0.15) is 22.3 Å². The number of methoxy groups -OCH3 is 1. The SMILES string of the molecule is COc1ccc2c(c1)C1(CCN(S(=O)(=O)c3ccc(F)cc3F)C1)C(=O)N2C. The molecule has 0 aromatic heterocycles. The van der Waals surface area contributed by atoms with Crippen molar-refractivity contribution in [2.75, 3.05) is 32.1 Å². The Kier molecular flexibility index (Phi) is 4.20. The highest BCUT2D eigenvalue weighted by Crippen LogP contribution is 2.48. The third-order valence-electron chi connectivity index (χ3n) is 5.54. The molecule has 1 fully saturated rings. The Bertz CT molecular complexity index is 1090. The van der Waals surface area contributed by atoms with Gasteiger partial charge in [-0.1, -0.05) is 0 Å². The van der Waals surface area contributed by atoms with E-state index >= 15 is 0 Å². The lowest BCUT2D eigenvalue weighted by atomic mass is 9.81. The van der Waals surface area contributed by atoms with Crippen molar-refractivity contribution >= 4 is 21.6 Å². The number of likely N-dealkylation sites (N-methyl/N-ethyl adjacent to an activating group) is 1. The number of ether oxygens (including phenoxy) is 1. The minimum absolute atomic E-state index is 0.0510. The van der Waals surface area contributed by atoms with E-state index in [1.165, 1.54) is 12.0 Å². The zero-order valence-electron chi connectivity index (χ0n) is 15.3. The van der Waals surface area contributed by atoms with Crippen LogP contribution in [-0.4, -0.2) is 45.9 Å². The summed E-state index contributed by atoms with van der Waals surface area (Å²) < 4.78 is 59.5. The summed E-state index contributed by atoms with van der Waals surface area (Å²) in [5.41, 5.74) is 0.331.